The zero-order valence-corrected chi connectivity index (χ0v) is 14.8. The van der Waals surface area contributed by atoms with Crippen LogP contribution >= 0.6 is 22.9 Å². The Bertz CT molecular complexity index is 818. The van der Waals surface area contributed by atoms with Gasteiger partial charge in [-0.2, -0.15) is 0 Å². The Morgan fingerprint density at radius 1 is 1.43 bits per heavy atom. The molecule has 1 aromatic carbocycles. The molecule has 0 saturated carbocycles. The summed E-state index contributed by atoms with van der Waals surface area (Å²) in [6.07, 6.45) is 1.43. The number of amides is 1. The first kappa shape index (κ1) is 17.7. The number of carbonyl (C=O) groups is 1. The maximum atomic E-state index is 12.4. The van der Waals surface area contributed by atoms with Crippen molar-refractivity contribution >= 4 is 44.0 Å². The average molecular weight is 374 g/mol. The molecule has 0 radical (unpaired) electrons. The summed E-state index contributed by atoms with van der Waals surface area (Å²) in [5.74, 6) is -0.363. The first-order valence-corrected chi connectivity index (χ1v) is 9.54. The monoisotopic (exact) mass is 373 g/mol. The molecule has 0 aliphatic heterocycles. The van der Waals surface area contributed by atoms with Gasteiger partial charge in [-0.25, -0.2) is 13.4 Å². The number of sulfonamides is 1. The Hall–Kier alpha value is -1.64. The number of nitrogens with zero attached hydrogens (tertiary/aromatic N) is 1. The van der Waals surface area contributed by atoms with Gasteiger partial charge < -0.3 is 5.73 Å². The quantitative estimate of drug-likeness (QED) is 0.778. The smallest absolute Gasteiger partial charge is 0.263 e. The van der Waals surface area contributed by atoms with Crippen molar-refractivity contribution in [2.75, 3.05) is 4.72 Å². The highest BCUT2D eigenvalue weighted by molar-refractivity contribution is 7.93. The molecule has 3 N–H and O–H groups in total. The molecule has 0 aliphatic rings. The van der Waals surface area contributed by atoms with Crippen molar-refractivity contribution in [3.63, 3.8) is 0 Å². The number of aromatic nitrogens is 1. The van der Waals surface area contributed by atoms with Crippen molar-refractivity contribution in [3.05, 3.63) is 39.9 Å². The number of halogens is 1. The van der Waals surface area contributed by atoms with E-state index >= 15 is 0 Å². The SMILES string of the molecule is Cc1c(Cl)cccc1S(=O)(=O)Nc1nc(CCCC(N)=O)cs1. The van der Waals surface area contributed by atoms with Crippen molar-refractivity contribution in [1.82, 2.24) is 4.98 Å². The number of primary amides is 1. The second-order valence-corrected chi connectivity index (χ2v) is 7.85. The van der Waals surface area contributed by atoms with Crippen LogP contribution in [0.4, 0.5) is 5.13 Å². The number of hydrogen-bond acceptors (Lipinski definition) is 5. The van der Waals surface area contributed by atoms with Crippen LogP contribution in [0.3, 0.4) is 0 Å². The Balaban J connectivity index is 2.11. The lowest BCUT2D eigenvalue weighted by Gasteiger charge is -2.09. The van der Waals surface area contributed by atoms with E-state index in [0.717, 1.165) is 5.69 Å². The molecule has 1 aromatic heterocycles. The molecule has 0 spiro atoms. The van der Waals surface area contributed by atoms with E-state index in [4.69, 9.17) is 17.3 Å². The molecule has 2 aromatic rings. The van der Waals surface area contributed by atoms with Gasteiger partial charge in [-0.05, 0) is 37.5 Å². The van der Waals surface area contributed by atoms with Crippen molar-refractivity contribution in [2.45, 2.75) is 31.1 Å². The predicted octanol–water partition coefficient (Wildman–Crippen LogP) is 2.71. The highest BCUT2D eigenvalue weighted by Gasteiger charge is 2.19. The van der Waals surface area contributed by atoms with E-state index < -0.39 is 10.0 Å². The Labute approximate surface area is 143 Å². The molecule has 0 atom stereocenters. The number of carbonyl (C=O) groups excluding carboxylic acids is 1. The highest BCUT2D eigenvalue weighted by atomic mass is 35.5. The number of nitrogens with two attached hydrogens (primary N) is 1. The van der Waals surface area contributed by atoms with E-state index in [1.54, 1.807) is 24.4 Å². The van der Waals surface area contributed by atoms with E-state index in [-0.39, 0.29) is 22.4 Å². The molecular formula is C14H16ClN3O3S2. The van der Waals surface area contributed by atoms with E-state index in [2.05, 4.69) is 9.71 Å². The van der Waals surface area contributed by atoms with Gasteiger partial charge in [0.25, 0.3) is 10.0 Å². The third kappa shape index (κ3) is 4.66. The Morgan fingerprint density at radius 2 is 2.17 bits per heavy atom. The summed E-state index contributed by atoms with van der Waals surface area (Å²) >= 11 is 7.16. The predicted molar refractivity (Wildman–Crippen MR) is 91.2 cm³/mol. The summed E-state index contributed by atoms with van der Waals surface area (Å²) in [6.45, 7) is 1.65. The fraction of sp³-hybridized carbons (Fsp3) is 0.286. The summed E-state index contributed by atoms with van der Waals surface area (Å²) in [4.78, 5) is 15.0. The molecule has 2 rings (SSSR count). The molecule has 23 heavy (non-hydrogen) atoms. The first-order valence-electron chi connectivity index (χ1n) is 6.80. The van der Waals surface area contributed by atoms with Crippen molar-refractivity contribution < 1.29 is 13.2 Å². The second kappa shape index (κ2) is 7.29. The van der Waals surface area contributed by atoms with Crippen molar-refractivity contribution in [3.8, 4) is 0 Å². The maximum absolute atomic E-state index is 12.4. The van der Waals surface area contributed by atoms with E-state index in [1.807, 2.05) is 0 Å². The number of rotatable bonds is 7. The molecule has 1 amide bonds. The Kier molecular flexibility index (Phi) is 5.61. The summed E-state index contributed by atoms with van der Waals surface area (Å²) in [6, 6.07) is 4.71. The summed E-state index contributed by atoms with van der Waals surface area (Å²) in [5.41, 5.74) is 6.28. The van der Waals surface area contributed by atoms with Crippen LogP contribution in [0.15, 0.2) is 28.5 Å². The fourth-order valence-electron chi connectivity index (χ4n) is 1.96. The van der Waals surface area contributed by atoms with Gasteiger partial charge in [-0.15, -0.1) is 11.3 Å². The fourth-order valence-corrected chi connectivity index (χ4v) is 4.46. The lowest BCUT2D eigenvalue weighted by molar-refractivity contribution is -0.118. The molecule has 9 heteroatoms. The minimum atomic E-state index is -3.75. The molecular weight excluding hydrogens is 358 g/mol. The van der Waals surface area contributed by atoms with Crippen LogP contribution in [0.1, 0.15) is 24.1 Å². The van der Waals surface area contributed by atoms with Crippen LogP contribution in [-0.4, -0.2) is 19.3 Å². The Morgan fingerprint density at radius 3 is 2.87 bits per heavy atom. The molecule has 1 heterocycles. The van der Waals surface area contributed by atoms with Crippen molar-refractivity contribution in [2.24, 2.45) is 5.73 Å². The largest absolute Gasteiger partial charge is 0.370 e. The molecule has 0 unspecified atom stereocenters. The highest BCUT2D eigenvalue weighted by Crippen LogP contribution is 2.26. The minimum absolute atomic E-state index is 0.121. The molecule has 0 aliphatic carbocycles. The zero-order chi connectivity index (χ0) is 17.0. The normalized spacial score (nSPS) is 11.4. The number of benzene rings is 1. The van der Waals surface area contributed by atoms with Crippen LogP contribution in [0.25, 0.3) is 0 Å². The van der Waals surface area contributed by atoms with Crippen LogP contribution < -0.4 is 10.5 Å². The van der Waals surface area contributed by atoms with Gasteiger partial charge in [-0.3, -0.25) is 9.52 Å². The summed E-state index contributed by atoms with van der Waals surface area (Å²) in [5, 5.41) is 2.42. The second-order valence-electron chi connectivity index (χ2n) is 4.93. The topological polar surface area (TPSA) is 102 Å². The first-order chi connectivity index (χ1) is 10.8. The summed E-state index contributed by atoms with van der Waals surface area (Å²) < 4.78 is 27.3. The van der Waals surface area contributed by atoms with Crippen molar-refractivity contribution in [1.29, 1.82) is 0 Å². The van der Waals surface area contributed by atoms with Gasteiger partial charge in [0.2, 0.25) is 5.91 Å². The number of thiazole rings is 1. The standard InChI is InChI=1S/C14H16ClN3O3S2/c1-9-11(15)5-3-6-12(9)23(20,21)18-14-17-10(8-22-14)4-2-7-13(16)19/h3,5-6,8H,2,4,7H2,1H3,(H2,16,19)(H,17,18). The number of nitrogens with one attached hydrogen (secondary N) is 1. The van der Waals surface area contributed by atoms with Gasteiger partial charge >= 0.3 is 0 Å². The van der Waals surface area contributed by atoms with Gasteiger partial charge in [0.15, 0.2) is 5.13 Å². The van der Waals surface area contributed by atoms with Crippen LogP contribution in [0, 0.1) is 6.92 Å². The van der Waals surface area contributed by atoms with E-state index in [0.29, 0.717) is 23.4 Å². The maximum Gasteiger partial charge on any atom is 0.263 e. The van der Waals surface area contributed by atoms with Crippen LogP contribution in [-0.2, 0) is 21.2 Å². The lowest BCUT2D eigenvalue weighted by Crippen LogP contribution is -2.14. The molecule has 0 bridgehead atoms. The molecule has 0 saturated heterocycles. The molecule has 124 valence electrons. The van der Waals surface area contributed by atoms with Crippen LogP contribution in [0.2, 0.25) is 5.02 Å². The minimum Gasteiger partial charge on any atom is -0.370 e. The third-order valence-corrected chi connectivity index (χ3v) is 5.97. The van der Waals surface area contributed by atoms with Gasteiger partial charge in [0, 0.05) is 16.8 Å². The van der Waals surface area contributed by atoms with Gasteiger partial charge in [0.05, 0.1) is 10.6 Å². The van der Waals surface area contributed by atoms with Gasteiger partial charge in [-0.1, -0.05) is 17.7 Å². The zero-order valence-electron chi connectivity index (χ0n) is 12.4. The lowest BCUT2D eigenvalue weighted by atomic mass is 10.2. The molecule has 6 nitrogen and oxygen atoms in total. The number of aryl methyl sites for hydroxylation is 1. The summed E-state index contributed by atoms with van der Waals surface area (Å²) in [7, 11) is -3.75. The number of hydrogen-bond donors (Lipinski definition) is 2. The third-order valence-electron chi connectivity index (χ3n) is 3.14. The van der Waals surface area contributed by atoms with Crippen LogP contribution in [0.5, 0.6) is 0 Å². The van der Waals surface area contributed by atoms with E-state index in [1.165, 1.54) is 17.4 Å². The molecule has 0 fully saturated rings. The number of anilines is 1. The average Bonchev–Trinajstić information content (AvgIpc) is 2.88. The van der Waals surface area contributed by atoms with E-state index in [9.17, 15) is 13.2 Å². The van der Waals surface area contributed by atoms with Gasteiger partial charge in [0.1, 0.15) is 0 Å².